The number of likely N-dealkylation sites (tertiary alicyclic amines) is 1. The van der Waals surface area contributed by atoms with E-state index in [2.05, 4.69) is 27.0 Å². The van der Waals surface area contributed by atoms with Crippen molar-refractivity contribution in [3.63, 3.8) is 0 Å². The van der Waals surface area contributed by atoms with Gasteiger partial charge in [0.25, 0.3) is 0 Å². The molecule has 5 nitrogen and oxygen atoms in total. The zero-order valence-electron chi connectivity index (χ0n) is 12.4. The molecule has 1 saturated heterocycles. The Balaban J connectivity index is 1.71. The van der Waals surface area contributed by atoms with Gasteiger partial charge >= 0.3 is 0 Å². The summed E-state index contributed by atoms with van der Waals surface area (Å²) in [6.07, 6.45) is 1.12. The number of nitrogens with two attached hydrogens (primary N) is 1. The van der Waals surface area contributed by atoms with Crippen LogP contribution in [-0.4, -0.2) is 28.5 Å². The molecule has 1 aromatic carbocycles. The Bertz CT molecular complexity index is 606. The van der Waals surface area contributed by atoms with Crippen molar-refractivity contribution >= 4 is 5.82 Å². The summed E-state index contributed by atoms with van der Waals surface area (Å²) < 4.78 is 5.19. The molecule has 0 amide bonds. The topological polar surface area (TPSA) is 64.3 Å². The Labute approximate surface area is 124 Å². The number of benzene rings is 1. The third-order valence-corrected chi connectivity index (χ3v) is 3.89. The molecule has 2 heterocycles. The van der Waals surface area contributed by atoms with E-state index in [1.165, 1.54) is 5.56 Å². The van der Waals surface area contributed by atoms with E-state index >= 15 is 0 Å². The first-order chi connectivity index (χ1) is 10.2. The quantitative estimate of drug-likeness (QED) is 0.933. The molecule has 0 bridgehead atoms. The van der Waals surface area contributed by atoms with Gasteiger partial charge in [-0.1, -0.05) is 12.1 Å². The van der Waals surface area contributed by atoms with Crippen molar-refractivity contribution in [1.29, 1.82) is 0 Å². The van der Waals surface area contributed by atoms with Crippen molar-refractivity contribution < 1.29 is 4.74 Å². The first kappa shape index (κ1) is 13.8. The predicted octanol–water partition coefficient (Wildman–Crippen LogP) is 2.32. The van der Waals surface area contributed by atoms with Crippen molar-refractivity contribution in [2.75, 3.05) is 19.4 Å². The molecule has 110 valence electrons. The van der Waals surface area contributed by atoms with Gasteiger partial charge in [-0.25, -0.2) is 9.97 Å². The highest BCUT2D eigenvalue weighted by molar-refractivity contribution is 5.32. The summed E-state index contributed by atoms with van der Waals surface area (Å²) in [7, 11) is 1.68. The molecule has 2 N–H and O–H groups in total. The fourth-order valence-electron chi connectivity index (χ4n) is 2.72. The number of aromatic nitrogens is 2. The van der Waals surface area contributed by atoms with Gasteiger partial charge in [-0.15, -0.1) is 0 Å². The second kappa shape index (κ2) is 5.69. The minimum atomic E-state index is 0.344. The minimum Gasteiger partial charge on any atom is -0.497 e. The van der Waals surface area contributed by atoms with Crippen LogP contribution in [0.4, 0.5) is 5.82 Å². The number of hydrogen-bond acceptors (Lipinski definition) is 5. The van der Waals surface area contributed by atoms with Crippen LogP contribution >= 0.6 is 0 Å². The molecule has 0 aliphatic carbocycles. The number of nitrogen functional groups attached to an aromatic ring is 1. The van der Waals surface area contributed by atoms with E-state index in [0.717, 1.165) is 36.8 Å². The molecule has 21 heavy (non-hydrogen) atoms. The lowest BCUT2D eigenvalue weighted by atomic mass is 9.98. The number of nitrogens with zero attached hydrogens (tertiary/aromatic N) is 3. The van der Waals surface area contributed by atoms with E-state index in [-0.39, 0.29) is 0 Å². The average Bonchev–Trinajstić information content (AvgIpc) is 2.43. The standard InChI is InChI=1S/C16H20N4O/c1-11-18-14(9-16(17)19-11)15-7-8-20(15)10-12-3-5-13(21-2)6-4-12/h3-6,9,15H,7-8,10H2,1-2H3,(H2,17,18,19)/t15-/m0/s1. The molecule has 1 atom stereocenters. The van der Waals surface area contributed by atoms with Gasteiger partial charge in [0.05, 0.1) is 18.8 Å². The fraction of sp³-hybridized carbons (Fsp3) is 0.375. The number of methoxy groups -OCH3 is 1. The second-order valence-corrected chi connectivity index (χ2v) is 5.39. The van der Waals surface area contributed by atoms with Crippen LogP contribution in [0, 0.1) is 6.92 Å². The normalized spacial score (nSPS) is 18.3. The van der Waals surface area contributed by atoms with Crippen molar-refractivity contribution in [3.8, 4) is 5.75 Å². The van der Waals surface area contributed by atoms with Gasteiger partial charge in [0.15, 0.2) is 0 Å². The first-order valence-electron chi connectivity index (χ1n) is 7.14. The molecule has 0 radical (unpaired) electrons. The Morgan fingerprint density at radius 3 is 2.62 bits per heavy atom. The summed E-state index contributed by atoms with van der Waals surface area (Å²) >= 11 is 0. The molecule has 1 aliphatic rings. The minimum absolute atomic E-state index is 0.344. The predicted molar refractivity (Wildman–Crippen MR) is 81.9 cm³/mol. The molecule has 1 fully saturated rings. The van der Waals surface area contributed by atoms with Crippen LogP contribution in [0.25, 0.3) is 0 Å². The van der Waals surface area contributed by atoms with Crippen LogP contribution in [-0.2, 0) is 6.54 Å². The van der Waals surface area contributed by atoms with Gasteiger partial charge < -0.3 is 10.5 Å². The molecule has 1 aliphatic heterocycles. The number of anilines is 1. The second-order valence-electron chi connectivity index (χ2n) is 5.39. The molecule has 2 aromatic rings. The monoisotopic (exact) mass is 284 g/mol. The van der Waals surface area contributed by atoms with Gasteiger partial charge in [0, 0.05) is 19.2 Å². The third-order valence-electron chi connectivity index (χ3n) is 3.89. The van der Waals surface area contributed by atoms with Crippen molar-refractivity contribution in [2.24, 2.45) is 0 Å². The van der Waals surface area contributed by atoms with Crippen LogP contribution in [0.1, 0.15) is 29.5 Å². The number of rotatable bonds is 4. The zero-order valence-corrected chi connectivity index (χ0v) is 12.4. The number of aryl methyl sites for hydroxylation is 1. The van der Waals surface area contributed by atoms with Crippen molar-refractivity contribution in [2.45, 2.75) is 25.9 Å². The summed E-state index contributed by atoms with van der Waals surface area (Å²) in [6, 6.07) is 10.4. The lowest BCUT2D eigenvalue weighted by molar-refractivity contribution is 0.0785. The van der Waals surface area contributed by atoms with Gasteiger partial charge in [0.2, 0.25) is 0 Å². The van der Waals surface area contributed by atoms with E-state index in [0.29, 0.717) is 11.9 Å². The summed E-state index contributed by atoms with van der Waals surface area (Å²) in [5.41, 5.74) is 8.13. The Hall–Kier alpha value is -2.14. The Morgan fingerprint density at radius 2 is 2.05 bits per heavy atom. The lowest BCUT2D eigenvalue weighted by Gasteiger charge is -2.40. The van der Waals surface area contributed by atoms with Crippen molar-refractivity contribution in [1.82, 2.24) is 14.9 Å². The molecule has 0 unspecified atom stereocenters. The smallest absolute Gasteiger partial charge is 0.127 e. The van der Waals surface area contributed by atoms with Crippen molar-refractivity contribution in [3.05, 3.63) is 47.4 Å². The maximum atomic E-state index is 5.82. The SMILES string of the molecule is COc1ccc(CN2CC[C@H]2c2cc(N)nc(C)n2)cc1. The highest BCUT2D eigenvalue weighted by Gasteiger charge is 2.30. The number of hydrogen-bond donors (Lipinski definition) is 1. The molecular weight excluding hydrogens is 264 g/mol. The van der Waals surface area contributed by atoms with E-state index in [9.17, 15) is 0 Å². The van der Waals surface area contributed by atoms with Crippen LogP contribution in [0.15, 0.2) is 30.3 Å². The summed E-state index contributed by atoms with van der Waals surface area (Å²) in [5.74, 6) is 2.17. The third kappa shape index (κ3) is 2.97. The molecule has 3 rings (SSSR count). The lowest BCUT2D eigenvalue weighted by Crippen LogP contribution is -2.40. The van der Waals surface area contributed by atoms with Crippen LogP contribution in [0.5, 0.6) is 5.75 Å². The molecule has 0 saturated carbocycles. The maximum Gasteiger partial charge on any atom is 0.127 e. The molecular formula is C16H20N4O. The number of ether oxygens (including phenoxy) is 1. The molecule has 5 heteroatoms. The Morgan fingerprint density at radius 1 is 1.29 bits per heavy atom. The zero-order chi connectivity index (χ0) is 14.8. The largest absolute Gasteiger partial charge is 0.497 e. The highest BCUT2D eigenvalue weighted by Crippen LogP contribution is 2.34. The fourth-order valence-corrected chi connectivity index (χ4v) is 2.72. The van der Waals surface area contributed by atoms with Gasteiger partial charge in [0.1, 0.15) is 17.4 Å². The van der Waals surface area contributed by atoms with E-state index in [4.69, 9.17) is 10.5 Å². The van der Waals surface area contributed by atoms with E-state index in [1.807, 2.05) is 25.1 Å². The summed E-state index contributed by atoms with van der Waals surface area (Å²) in [4.78, 5) is 11.1. The summed E-state index contributed by atoms with van der Waals surface area (Å²) in [5, 5.41) is 0. The van der Waals surface area contributed by atoms with Gasteiger partial charge in [-0.05, 0) is 31.0 Å². The molecule has 0 spiro atoms. The van der Waals surface area contributed by atoms with Gasteiger partial charge in [-0.2, -0.15) is 0 Å². The summed E-state index contributed by atoms with van der Waals surface area (Å²) in [6.45, 7) is 3.88. The average molecular weight is 284 g/mol. The Kier molecular flexibility index (Phi) is 3.75. The van der Waals surface area contributed by atoms with E-state index < -0.39 is 0 Å². The first-order valence-corrected chi connectivity index (χ1v) is 7.14. The maximum absolute atomic E-state index is 5.82. The molecule has 1 aromatic heterocycles. The van der Waals surface area contributed by atoms with Gasteiger partial charge in [-0.3, -0.25) is 4.90 Å². The van der Waals surface area contributed by atoms with Crippen LogP contribution in [0.3, 0.4) is 0 Å². The van der Waals surface area contributed by atoms with Crippen LogP contribution in [0.2, 0.25) is 0 Å². The van der Waals surface area contributed by atoms with E-state index in [1.54, 1.807) is 7.11 Å². The highest BCUT2D eigenvalue weighted by atomic mass is 16.5. The van der Waals surface area contributed by atoms with Crippen LogP contribution < -0.4 is 10.5 Å².